The molecule has 68 valence electrons. The Morgan fingerprint density at radius 2 is 2.33 bits per heavy atom. The number of ether oxygens (including phenoxy) is 1. The van der Waals surface area contributed by atoms with Gasteiger partial charge in [0.15, 0.2) is 0 Å². The molecule has 1 heterocycles. The summed E-state index contributed by atoms with van der Waals surface area (Å²) in [6, 6.07) is 0.0790. The Morgan fingerprint density at radius 1 is 1.67 bits per heavy atom. The van der Waals surface area contributed by atoms with Crippen molar-refractivity contribution in [2.45, 2.75) is 25.8 Å². The van der Waals surface area contributed by atoms with Gasteiger partial charge >= 0.3 is 5.97 Å². The van der Waals surface area contributed by atoms with E-state index in [9.17, 15) is 9.59 Å². The van der Waals surface area contributed by atoms with Gasteiger partial charge in [-0.15, -0.1) is 0 Å². The van der Waals surface area contributed by atoms with Gasteiger partial charge in [0.25, 0.3) is 0 Å². The second-order valence-corrected chi connectivity index (χ2v) is 3.13. The predicted octanol–water partition coefficient (Wildman–Crippen LogP) is 0.0741. The zero-order chi connectivity index (χ0) is 9.14. The number of esters is 1. The van der Waals surface area contributed by atoms with E-state index in [1.807, 2.05) is 6.92 Å². The normalized spacial score (nSPS) is 29.3. The molecule has 1 rings (SSSR count). The summed E-state index contributed by atoms with van der Waals surface area (Å²) in [5.74, 6) is -0.598. The van der Waals surface area contributed by atoms with Gasteiger partial charge in [0.05, 0.1) is 13.0 Å². The molecule has 0 aromatic heterocycles. The van der Waals surface area contributed by atoms with Crippen LogP contribution in [0.1, 0.15) is 19.8 Å². The lowest BCUT2D eigenvalue weighted by molar-refractivity contribution is -0.149. The van der Waals surface area contributed by atoms with Crippen molar-refractivity contribution in [2.24, 2.45) is 5.92 Å². The van der Waals surface area contributed by atoms with Crippen LogP contribution in [0.15, 0.2) is 0 Å². The molecule has 1 amide bonds. The van der Waals surface area contributed by atoms with Crippen LogP contribution in [0, 0.1) is 5.92 Å². The van der Waals surface area contributed by atoms with Crippen molar-refractivity contribution in [2.75, 3.05) is 7.11 Å². The van der Waals surface area contributed by atoms with Gasteiger partial charge in [-0.3, -0.25) is 9.59 Å². The van der Waals surface area contributed by atoms with Crippen molar-refractivity contribution < 1.29 is 14.3 Å². The van der Waals surface area contributed by atoms with Gasteiger partial charge in [-0.25, -0.2) is 0 Å². The number of methoxy groups -OCH3 is 1. The molecule has 1 aliphatic rings. The molecule has 1 aliphatic heterocycles. The van der Waals surface area contributed by atoms with Crippen LogP contribution in [0.3, 0.4) is 0 Å². The average Bonchev–Trinajstić information content (AvgIpc) is 2.01. The highest BCUT2D eigenvalue weighted by Crippen LogP contribution is 2.17. The zero-order valence-corrected chi connectivity index (χ0v) is 7.29. The minimum Gasteiger partial charge on any atom is -0.469 e. The lowest BCUT2D eigenvalue weighted by Gasteiger charge is -2.25. The van der Waals surface area contributed by atoms with Gasteiger partial charge in [0.1, 0.15) is 0 Å². The third-order valence-electron chi connectivity index (χ3n) is 2.01. The summed E-state index contributed by atoms with van der Waals surface area (Å²) < 4.78 is 4.57. The van der Waals surface area contributed by atoms with Crippen LogP contribution < -0.4 is 5.32 Å². The van der Waals surface area contributed by atoms with E-state index in [-0.39, 0.29) is 30.3 Å². The van der Waals surface area contributed by atoms with Crippen molar-refractivity contribution in [3.05, 3.63) is 0 Å². The highest BCUT2D eigenvalue weighted by molar-refractivity contribution is 5.84. The molecule has 4 heteroatoms. The predicted molar refractivity (Wildman–Crippen MR) is 42.3 cm³/mol. The van der Waals surface area contributed by atoms with Crippen LogP contribution in [0.5, 0.6) is 0 Å². The molecule has 1 N–H and O–H groups in total. The minimum atomic E-state index is -0.281. The molecule has 0 aromatic carbocycles. The van der Waals surface area contributed by atoms with E-state index in [1.165, 1.54) is 7.11 Å². The van der Waals surface area contributed by atoms with Crippen LogP contribution in [0.2, 0.25) is 0 Å². The van der Waals surface area contributed by atoms with Gasteiger partial charge in [-0.2, -0.15) is 0 Å². The van der Waals surface area contributed by atoms with E-state index in [0.717, 1.165) is 0 Å². The molecule has 12 heavy (non-hydrogen) atoms. The smallest absolute Gasteiger partial charge is 0.309 e. The Labute approximate surface area is 71.3 Å². The molecule has 0 aromatic rings. The first-order valence-electron chi connectivity index (χ1n) is 4.00. The third kappa shape index (κ3) is 1.96. The van der Waals surface area contributed by atoms with Crippen molar-refractivity contribution in [1.82, 2.24) is 5.32 Å². The first-order chi connectivity index (χ1) is 5.63. The maximum absolute atomic E-state index is 11.1. The molecule has 0 unspecified atom stereocenters. The maximum Gasteiger partial charge on any atom is 0.309 e. The number of carbonyl (C=O) groups is 2. The number of piperidine rings is 1. The monoisotopic (exact) mass is 171 g/mol. The van der Waals surface area contributed by atoms with Gasteiger partial charge in [-0.05, 0) is 13.3 Å². The molecular formula is C8H13NO3. The number of hydrogen-bond acceptors (Lipinski definition) is 3. The molecule has 2 atom stereocenters. The first kappa shape index (κ1) is 9.03. The average molecular weight is 171 g/mol. The summed E-state index contributed by atoms with van der Waals surface area (Å²) in [6.07, 6.45) is 0.940. The number of carbonyl (C=O) groups excluding carboxylic acids is 2. The first-order valence-corrected chi connectivity index (χ1v) is 4.00. The van der Waals surface area contributed by atoms with Crippen LogP contribution in [0.4, 0.5) is 0 Å². The molecule has 0 aliphatic carbocycles. The fourth-order valence-electron chi connectivity index (χ4n) is 1.47. The van der Waals surface area contributed by atoms with Crippen molar-refractivity contribution in [1.29, 1.82) is 0 Å². The summed E-state index contributed by atoms with van der Waals surface area (Å²) in [6.45, 7) is 1.88. The molecule has 4 nitrogen and oxygen atoms in total. The summed E-state index contributed by atoms with van der Waals surface area (Å²) >= 11 is 0. The second-order valence-electron chi connectivity index (χ2n) is 3.13. The number of hydrogen-bond donors (Lipinski definition) is 1. The van der Waals surface area contributed by atoms with Crippen molar-refractivity contribution in [3.63, 3.8) is 0 Å². The van der Waals surface area contributed by atoms with Gasteiger partial charge in [0, 0.05) is 12.5 Å². The van der Waals surface area contributed by atoms with Gasteiger partial charge in [0.2, 0.25) is 5.91 Å². The van der Waals surface area contributed by atoms with E-state index in [4.69, 9.17) is 0 Å². The topological polar surface area (TPSA) is 55.4 Å². The molecule has 1 fully saturated rings. The Morgan fingerprint density at radius 3 is 2.83 bits per heavy atom. The summed E-state index contributed by atoms with van der Waals surface area (Å²) in [7, 11) is 1.35. The standard InChI is InChI=1S/C8H13NO3/c1-5-3-6(8(11)12-2)4-7(10)9-5/h5-6H,3-4H2,1-2H3,(H,9,10)/t5-,6+/m0/s1. The molecule has 0 radical (unpaired) electrons. The van der Waals surface area contributed by atoms with E-state index in [0.29, 0.717) is 6.42 Å². The highest BCUT2D eigenvalue weighted by atomic mass is 16.5. The largest absolute Gasteiger partial charge is 0.469 e. The highest BCUT2D eigenvalue weighted by Gasteiger charge is 2.29. The fourth-order valence-corrected chi connectivity index (χ4v) is 1.47. The molecule has 0 bridgehead atoms. The quantitative estimate of drug-likeness (QED) is 0.568. The molecule has 0 spiro atoms. The number of amides is 1. The van der Waals surface area contributed by atoms with Crippen molar-refractivity contribution >= 4 is 11.9 Å². The van der Waals surface area contributed by atoms with Crippen LogP contribution in [-0.4, -0.2) is 25.0 Å². The van der Waals surface area contributed by atoms with E-state index < -0.39 is 0 Å². The van der Waals surface area contributed by atoms with E-state index in [2.05, 4.69) is 10.1 Å². The summed E-state index contributed by atoms with van der Waals surface area (Å²) in [5.41, 5.74) is 0. The van der Waals surface area contributed by atoms with Crippen LogP contribution in [0.25, 0.3) is 0 Å². The Kier molecular flexibility index (Phi) is 2.68. The van der Waals surface area contributed by atoms with Crippen LogP contribution >= 0.6 is 0 Å². The Bertz CT molecular complexity index is 202. The maximum atomic E-state index is 11.1. The second kappa shape index (κ2) is 3.56. The van der Waals surface area contributed by atoms with Crippen molar-refractivity contribution in [3.8, 4) is 0 Å². The van der Waals surface area contributed by atoms with E-state index >= 15 is 0 Å². The SMILES string of the molecule is COC(=O)[C@H]1CC(=O)N[C@@H](C)C1. The summed E-state index contributed by atoms with van der Waals surface area (Å²) in [5, 5.41) is 2.74. The number of rotatable bonds is 1. The lowest BCUT2D eigenvalue weighted by atomic mass is 9.93. The zero-order valence-electron chi connectivity index (χ0n) is 7.29. The fraction of sp³-hybridized carbons (Fsp3) is 0.750. The Hall–Kier alpha value is -1.06. The molecule has 0 saturated carbocycles. The van der Waals surface area contributed by atoms with E-state index in [1.54, 1.807) is 0 Å². The number of nitrogens with one attached hydrogen (secondary N) is 1. The van der Waals surface area contributed by atoms with Gasteiger partial charge in [-0.1, -0.05) is 0 Å². The van der Waals surface area contributed by atoms with Crippen LogP contribution in [-0.2, 0) is 14.3 Å². The molecule has 1 saturated heterocycles. The minimum absolute atomic E-state index is 0.0656. The summed E-state index contributed by atoms with van der Waals surface area (Å²) in [4.78, 5) is 22.0. The lowest BCUT2D eigenvalue weighted by Crippen LogP contribution is -2.42. The molecular weight excluding hydrogens is 158 g/mol. The van der Waals surface area contributed by atoms with Gasteiger partial charge < -0.3 is 10.1 Å². The Balaban J connectivity index is 2.55. The third-order valence-corrected chi connectivity index (χ3v) is 2.01.